The Morgan fingerprint density at radius 2 is 1.35 bits per heavy atom. The first kappa shape index (κ1) is 17.7. The summed E-state index contributed by atoms with van der Waals surface area (Å²) in [7, 11) is 0. The van der Waals surface area contributed by atoms with Crippen molar-refractivity contribution in [2.24, 2.45) is 0 Å². The summed E-state index contributed by atoms with van der Waals surface area (Å²) in [6.07, 6.45) is 0. The van der Waals surface area contributed by atoms with Gasteiger partial charge in [0.15, 0.2) is 4.84 Å². The van der Waals surface area contributed by atoms with Gasteiger partial charge in [-0.25, -0.2) is 0 Å². The van der Waals surface area contributed by atoms with Crippen LogP contribution in [0.5, 0.6) is 0 Å². The number of carbonyl (C=O) groups excluding carboxylic acids is 2. The molecular weight excluding hydrogens is 355 g/mol. The highest BCUT2D eigenvalue weighted by atomic mass is 35.5. The van der Waals surface area contributed by atoms with Gasteiger partial charge in [-0.1, -0.05) is 71.7 Å². The van der Waals surface area contributed by atoms with Crippen LogP contribution >= 0.6 is 35.0 Å². The number of carbonyl (C=O) groups is 2. The molecule has 0 saturated heterocycles. The molecule has 0 bridgehead atoms. The fourth-order valence-corrected chi connectivity index (χ4v) is 2.93. The maximum Gasteiger partial charge on any atom is 0.271 e. The Labute approximate surface area is 148 Å². The van der Waals surface area contributed by atoms with E-state index in [2.05, 4.69) is 10.9 Å². The molecule has 7 heteroatoms. The van der Waals surface area contributed by atoms with E-state index in [-0.39, 0.29) is 5.91 Å². The average Bonchev–Trinajstić information content (AvgIpc) is 2.58. The molecule has 2 rings (SSSR count). The second-order valence-electron chi connectivity index (χ2n) is 4.50. The first-order valence-electron chi connectivity index (χ1n) is 6.72. The molecule has 0 aromatic heterocycles. The van der Waals surface area contributed by atoms with Gasteiger partial charge in [0.2, 0.25) is 0 Å². The number of hydrazine groups is 1. The van der Waals surface area contributed by atoms with Crippen LogP contribution in [0.1, 0.15) is 10.8 Å². The van der Waals surface area contributed by atoms with Crippen LogP contribution in [-0.2, 0) is 9.59 Å². The smallest absolute Gasteiger partial charge is 0.271 e. The predicted octanol–water partition coefficient (Wildman–Crippen LogP) is 3.47. The van der Waals surface area contributed by atoms with Crippen LogP contribution in [0, 0.1) is 0 Å². The first-order chi connectivity index (χ1) is 11.1. The predicted molar refractivity (Wildman–Crippen MR) is 93.3 cm³/mol. The minimum atomic E-state index is -1.24. The van der Waals surface area contributed by atoms with Gasteiger partial charge in [0, 0.05) is 4.90 Å². The lowest BCUT2D eigenvalue weighted by Crippen LogP contribution is -2.45. The van der Waals surface area contributed by atoms with Crippen molar-refractivity contribution in [3.8, 4) is 0 Å². The molecule has 0 radical (unpaired) electrons. The van der Waals surface area contributed by atoms with Crippen molar-refractivity contribution in [2.45, 2.75) is 15.0 Å². The van der Waals surface area contributed by atoms with Gasteiger partial charge in [-0.2, -0.15) is 0 Å². The van der Waals surface area contributed by atoms with Gasteiger partial charge in [0.25, 0.3) is 11.8 Å². The number of hydrogen-bond acceptors (Lipinski definition) is 3. The van der Waals surface area contributed by atoms with Gasteiger partial charge in [0.1, 0.15) is 5.25 Å². The number of halogens is 2. The minimum Gasteiger partial charge on any atom is -0.272 e. The Kier molecular flexibility index (Phi) is 6.77. The molecule has 2 amide bonds. The maximum absolute atomic E-state index is 12.4. The quantitative estimate of drug-likeness (QED) is 0.482. The third-order valence-electron chi connectivity index (χ3n) is 2.84. The number of amides is 2. The second-order valence-corrected chi connectivity index (χ2v) is 6.78. The third-order valence-corrected chi connectivity index (χ3v) is 4.51. The molecule has 4 nitrogen and oxygen atoms in total. The molecule has 2 aromatic carbocycles. The highest BCUT2D eigenvalue weighted by Gasteiger charge is 2.23. The molecule has 2 N–H and O–H groups in total. The lowest BCUT2D eigenvalue weighted by Gasteiger charge is -2.17. The largest absolute Gasteiger partial charge is 0.272 e. The van der Waals surface area contributed by atoms with Crippen LogP contribution in [0.2, 0.25) is 0 Å². The van der Waals surface area contributed by atoms with E-state index in [4.69, 9.17) is 23.2 Å². The molecule has 120 valence electrons. The van der Waals surface area contributed by atoms with Gasteiger partial charge in [-0.3, -0.25) is 20.4 Å². The molecule has 2 aromatic rings. The fourth-order valence-electron chi connectivity index (χ4n) is 1.78. The number of thioether (sulfide) groups is 1. The first-order valence-corrected chi connectivity index (χ1v) is 8.47. The molecule has 0 aliphatic rings. The summed E-state index contributed by atoms with van der Waals surface area (Å²) in [5, 5.41) is -0.525. The van der Waals surface area contributed by atoms with Crippen molar-refractivity contribution in [2.75, 3.05) is 0 Å². The summed E-state index contributed by atoms with van der Waals surface area (Å²) in [5.74, 6) is -1.05. The molecule has 1 atom stereocenters. The topological polar surface area (TPSA) is 58.2 Å². The molecule has 23 heavy (non-hydrogen) atoms. The van der Waals surface area contributed by atoms with Crippen LogP contribution in [0.15, 0.2) is 65.6 Å². The second kappa shape index (κ2) is 8.82. The number of rotatable bonds is 5. The lowest BCUT2D eigenvalue weighted by molar-refractivity contribution is -0.127. The lowest BCUT2D eigenvalue weighted by atomic mass is 10.1. The average molecular weight is 369 g/mol. The maximum atomic E-state index is 12.4. The number of nitrogens with one attached hydrogen (secondary N) is 2. The van der Waals surface area contributed by atoms with Crippen LogP contribution in [0.3, 0.4) is 0 Å². The van der Waals surface area contributed by atoms with Gasteiger partial charge >= 0.3 is 0 Å². The van der Waals surface area contributed by atoms with E-state index in [0.29, 0.717) is 0 Å². The number of hydrogen-bond donors (Lipinski definition) is 2. The molecule has 0 aliphatic heterocycles. The SMILES string of the molecule is O=C(NNC(=O)C(Sc1ccccc1)c1ccccc1)C(Cl)Cl. The standard InChI is InChI=1S/C16H14Cl2N2O2S/c17-14(18)16(22)20-19-15(21)13(11-7-3-1-4-8-11)23-12-9-5-2-6-10-12/h1-10,13-14H,(H,19,21)(H,20,22). The van der Waals surface area contributed by atoms with Gasteiger partial charge < -0.3 is 0 Å². The molecule has 0 heterocycles. The molecule has 0 spiro atoms. The molecule has 0 fully saturated rings. The van der Waals surface area contributed by atoms with Crippen LogP contribution in [0.4, 0.5) is 0 Å². The van der Waals surface area contributed by atoms with E-state index in [1.54, 1.807) is 0 Å². The van der Waals surface area contributed by atoms with Crippen molar-refractivity contribution >= 4 is 46.8 Å². The van der Waals surface area contributed by atoms with E-state index in [0.717, 1.165) is 10.5 Å². The molecule has 1 unspecified atom stereocenters. The van der Waals surface area contributed by atoms with Gasteiger partial charge in [-0.05, 0) is 17.7 Å². The summed E-state index contributed by atoms with van der Waals surface area (Å²) in [5.41, 5.74) is 5.38. The third kappa shape index (κ3) is 5.46. The highest BCUT2D eigenvalue weighted by molar-refractivity contribution is 8.00. The normalized spacial score (nSPS) is 11.8. The Balaban J connectivity index is 2.13. The minimum absolute atomic E-state index is 0.368. The van der Waals surface area contributed by atoms with E-state index in [1.165, 1.54) is 11.8 Å². The molecule has 0 aliphatic carbocycles. The van der Waals surface area contributed by atoms with Crippen molar-refractivity contribution in [1.29, 1.82) is 0 Å². The Morgan fingerprint density at radius 3 is 1.91 bits per heavy atom. The molecule has 0 saturated carbocycles. The summed E-state index contributed by atoms with van der Waals surface area (Å²) in [6, 6.07) is 18.8. The number of benzene rings is 2. The highest BCUT2D eigenvalue weighted by Crippen LogP contribution is 2.35. The van der Waals surface area contributed by atoms with Crippen molar-refractivity contribution < 1.29 is 9.59 Å². The zero-order valence-corrected chi connectivity index (χ0v) is 14.2. The van der Waals surface area contributed by atoms with Gasteiger partial charge in [-0.15, -0.1) is 11.8 Å². The zero-order valence-electron chi connectivity index (χ0n) is 11.9. The van der Waals surface area contributed by atoms with E-state index >= 15 is 0 Å². The van der Waals surface area contributed by atoms with Crippen LogP contribution in [-0.4, -0.2) is 16.7 Å². The van der Waals surface area contributed by atoms with Gasteiger partial charge in [0.05, 0.1) is 0 Å². The Morgan fingerprint density at radius 1 is 0.826 bits per heavy atom. The van der Waals surface area contributed by atoms with Crippen molar-refractivity contribution in [1.82, 2.24) is 10.9 Å². The van der Waals surface area contributed by atoms with E-state index in [1.807, 2.05) is 60.7 Å². The molecular formula is C16H14Cl2N2O2S. The van der Waals surface area contributed by atoms with Crippen LogP contribution < -0.4 is 10.9 Å². The van der Waals surface area contributed by atoms with E-state index < -0.39 is 16.0 Å². The Hall–Kier alpha value is -1.69. The zero-order chi connectivity index (χ0) is 16.7. The summed E-state index contributed by atoms with van der Waals surface area (Å²) in [6.45, 7) is 0. The number of alkyl halides is 2. The summed E-state index contributed by atoms with van der Waals surface area (Å²) < 4.78 is 0. The summed E-state index contributed by atoms with van der Waals surface area (Å²) >= 11 is 12.3. The summed E-state index contributed by atoms with van der Waals surface area (Å²) in [4.78, 5) is 23.5. The fraction of sp³-hybridized carbons (Fsp3) is 0.125. The van der Waals surface area contributed by atoms with Crippen molar-refractivity contribution in [3.63, 3.8) is 0 Å². The Bertz CT molecular complexity index is 654. The van der Waals surface area contributed by atoms with Crippen molar-refractivity contribution in [3.05, 3.63) is 66.2 Å². The van der Waals surface area contributed by atoms with Crippen LogP contribution in [0.25, 0.3) is 0 Å². The monoisotopic (exact) mass is 368 g/mol. The van der Waals surface area contributed by atoms with E-state index in [9.17, 15) is 9.59 Å².